The SMILES string of the molecule is CCOC(CC(=O)OCC(ON(C(C(C)(C)C)P(=O)(OCC)OCC)C(C)(C)C)c1ccccc1)(OCC)OCC. The molecule has 0 saturated carbocycles. The van der Waals surface area contributed by atoms with Gasteiger partial charge in [0, 0.05) is 25.4 Å². The highest BCUT2D eigenvalue weighted by molar-refractivity contribution is 7.54. The number of hydroxylamine groups is 2. The Labute approximate surface area is 247 Å². The van der Waals surface area contributed by atoms with Gasteiger partial charge in [-0.05, 0) is 66.4 Å². The molecule has 0 aliphatic rings. The molecule has 0 N–H and O–H groups in total. The zero-order valence-electron chi connectivity index (χ0n) is 27.1. The van der Waals surface area contributed by atoms with E-state index < -0.39 is 42.4 Å². The lowest BCUT2D eigenvalue weighted by atomic mass is 9.94. The largest absolute Gasteiger partial charge is 0.462 e. The molecule has 238 valence electrons. The van der Waals surface area contributed by atoms with E-state index in [1.807, 2.05) is 71.9 Å². The van der Waals surface area contributed by atoms with Crippen LogP contribution in [0.15, 0.2) is 30.3 Å². The summed E-state index contributed by atoms with van der Waals surface area (Å²) in [5.41, 5.74) is -0.458. The predicted octanol–water partition coefficient (Wildman–Crippen LogP) is 7.09. The minimum Gasteiger partial charge on any atom is -0.462 e. The molecule has 0 aromatic heterocycles. The van der Waals surface area contributed by atoms with Gasteiger partial charge in [-0.3, -0.25) is 14.2 Å². The fourth-order valence-corrected chi connectivity index (χ4v) is 7.09. The van der Waals surface area contributed by atoms with Crippen LogP contribution in [0.2, 0.25) is 0 Å². The highest BCUT2D eigenvalue weighted by Crippen LogP contribution is 2.61. The molecule has 0 fully saturated rings. The van der Waals surface area contributed by atoms with E-state index in [9.17, 15) is 9.36 Å². The molecule has 2 unspecified atom stereocenters. The topological polar surface area (TPSA) is 102 Å². The second-order valence-electron chi connectivity index (χ2n) is 11.5. The summed E-state index contributed by atoms with van der Waals surface area (Å²) < 4.78 is 48.8. The van der Waals surface area contributed by atoms with Gasteiger partial charge in [-0.1, -0.05) is 51.1 Å². The third-order valence-corrected chi connectivity index (χ3v) is 8.66. The van der Waals surface area contributed by atoms with Gasteiger partial charge in [-0.15, -0.1) is 0 Å². The molecule has 0 aliphatic heterocycles. The first-order valence-corrected chi connectivity index (χ1v) is 16.2. The number of ether oxygens (including phenoxy) is 4. The zero-order valence-corrected chi connectivity index (χ0v) is 28.0. The van der Waals surface area contributed by atoms with Crippen molar-refractivity contribution in [1.82, 2.24) is 5.06 Å². The van der Waals surface area contributed by atoms with Crippen LogP contribution in [0, 0.1) is 5.41 Å². The second-order valence-corrected chi connectivity index (χ2v) is 13.5. The molecule has 2 atom stereocenters. The summed E-state index contributed by atoms with van der Waals surface area (Å²) in [5, 5.41) is 1.69. The first-order chi connectivity index (χ1) is 19.1. The normalized spacial score (nSPS) is 14.7. The first-order valence-electron chi connectivity index (χ1n) is 14.6. The monoisotopic (exact) mass is 603 g/mol. The summed E-state index contributed by atoms with van der Waals surface area (Å²) in [4.78, 5) is 19.8. The van der Waals surface area contributed by atoms with Crippen molar-refractivity contribution in [2.75, 3.05) is 39.6 Å². The maximum Gasteiger partial charge on any atom is 0.350 e. The smallest absolute Gasteiger partial charge is 0.350 e. The first kappa shape index (κ1) is 37.7. The van der Waals surface area contributed by atoms with Crippen LogP contribution in [0.5, 0.6) is 0 Å². The van der Waals surface area contributed by atoms with E-state index in [1.165, 1.54) is 0 Å². The predicted molar refractivity (Wildman–Crippen MR) is 159 cm³/mol. The van der Waals surface area contributed by atoms with Crippen molar-refractivity contribution in [3.63, 3.8) is 0 Å². The summed E-state index contributed by atoms with van der Waals surface area (Å²) in [6.07, 6.45) is -0.997. The minimum atomic E-state index is -3.70. The quantitative estimate of drug-likeness (QED) is 0.0704. The highest BCUT2D eigenvalue weighted by atomic mass is 31.2. The minimum absolute atomic E-state index is 0.125. The van der Waals surface area contributed by atoms with Gasteiger partial charge in [-0.2, -0.15) is 5.06 Å². The third-order valence-electron chi connectivity index (χ3n) is 5.84. The van der Waals surface area contributed by atoms with Crippen LogP contribution in [-0.4, -0.2) is 68.0 Å². The second kappa shape index (κ2) is 17.1. The van der Waals surface area contributed by atoms with Gasteiger partial charge in [-0.25, -0.2) is 0 Å². The lowest BCUT2D eigenvalue weighted by Crippen LogP contribution is -2.54. The molecule has 1 aromatic carbocycles. The van der Waals surface area contributed by atoms with E-state index in [1.54, 1.807) is 39.7 Å². The number of carbonyl (C=O) groups excluding carboxylic acids is 1. The van der Waals surface area contributed by atoms with Crippen molar-refractivity contribution in [3.8, 4) is 0 Å². The van der Waals surface area contributed by atoms with E-state index in [4.69, 9.17) is 32.8 Å². The van der Waals surface area contributed by atoms with Crippen molar-refractivity contribution < 1.29 is 42.2 Å². The van der Waals surface area contributed by atoms with Gasteiger partial charge in [0.15, 0.2) is 0 Å². The molecule has 0 heterocycles. The van der Waals surface area contributed by atoms with Crippen molar-refractivity contribution >= 4 is 13.6 Å². The summed E-state index contributed by atoms with van der Waals surface area (Å²) in [6.45, 7) is 21.9. The molecule has 0 saturated heterocycles. The summed E-state index contributed by atoms with van der Waals surface area (Å²) in [6, 6.07) is 9.44. The summed E-state index contributed by atoms with van der Waals surface area (Å²) in [5.74, 6) is -2.89. The van der Waals surface area contributed by atoms with Crippen LogP contribution in [-0.2, 0) is 42.2 Å². The number of nitrogens with zero attached hydrogens (tertiary/aromatic N) is 1. The van der Waals surface area contributed by atoms with Crippen LogP contribution >= 0.6 is 7.60 Å². The Morgan fingerprint density at radius 1 is 0.805 bits per heavy atom. The van der Waals surface area contributed by atoms with Gasteiger partial charge in [0.05, 0.1) is 13.2 Å². The Morgan fingerprint density at radius 3 is 1.68 bits per heavy atom. The van der Waals surface area contributed by atoms with Gasteiger partial charge >= 0.3 is 13.6 Å². The Hall–Kier alpha value is -1.36. The third kappa shape index (κ3) is 11.7. The van der Waals surface area contributed by atoms with Gasteiger partial charge in [0.1, 0.15) is 24.9 Å². The van der Waals surface area contributed by atoms with E-state index in [0.717, 1.165) is 5.56 Å². The summed E-state index contributed by atoms with van der Waals surface area (Å²) >= 11 is 0. The fourth-order valence-electron chi connectivity index (χ4n) is 4.40. The lowest BCUT2D eigenvalue weighted by Gasteiger charge is -2.48. The van der Waals surface area contributed by atoms with Crippen LogP contribution < -0.4 is 0 Å². The molecule has 10 nitrogen and oxygen atoms in total. The maximum absolute atomic E-state index is 14.3. The molecular formula is C30H54NO9P. The zero-order chi connectivity index (χ0) is 31.3. The van der Waals surface area contributed by atoms with Crippen molar-refractivity contribution in [2.45, 2.75) is 106 Å². The van der Waals surface area contributed by atoms with E-state index in [0.29, 0.717) is 0 Å². The van der Waals surface area contributed by atoms with Gasteiger partial charge < -0.3 is 28.0 Å². The van der Waals surface area contributed by atoms with Crippen LogP contribution in [0.4, 0.5) is 0 Å². The molecule has 0 amide bonds. The molecule has 1 rings (SSSR count). The van der Waals surface area contributed by atoms with Crippen LogP contribution in [0.25, 0.3) is 0 Å². The fraction of sp³-hybridized carbons (Fsp3) is 0.767. The molecule has 11 heteroatoms. The molecule has 0 aliphatic carbocycles. The average molecular weight is 604 g/mol. The van der Waals surface area contributed by atoms with E-state index >= 15 is 0 Å². The van der Waals surface area contributed by atoms with E-state index in [-0.39, 0.29) is 46.1 Å². The molecule has 41 heavy (non-hydrogen) atoms. The van der Waals surface area contributed by atoms with Crippen LogP contribution in [0.3, 0.4) is 0 Å². The molecule has 1 aromatic rings. The molecule has 0 spiro atoms. The van der Waals surface area contributed by atoms with Crippen molar-refractivity contribution in [3.05, 3.63) is 35.9 Å². The average Bonchev–Trinajstić information content (AvgIpc) is 2.85. The number of hydrogen-bond donors (Lipinski definition) is 0. The Kier molecular flexibility index (Phi) is 15.7. The number of benzene rings is 1. The van der Waals surface area contributed by atoms with Crippen molar-refractivity contribution in [1.29, 1.82) is 0 Å². The number of esters is 1. The number of rotatable bonds is 19. The molecule has 0 radical (unpaired) electrons. The van der Waals surface area contributed by atoms with E-state index in [2.05, 4.69) is 0 Å². The lowest BCUT2D eigenvalue weighted by molar-refractivity contribution is -0.376. The number of carbonyl (C=O) groups is 1. The maximum atomic E-state index is 14.3. The molecular weight excluding hydrogens is 549 g/mol. The Balaban J connectivity index is 3.46. The molecule has 0 bridgehead atoms. The number of hydrogen-bond acceptors (Lipinski definition) is 10. The van der Waals surface area contributed by atoms with Gasteiger partial charge in [0.2, 0.25) is 0 Å². The van der Waals surface area contributed by atoms with Crippen LogP contribution in [0.1, 0.15) is 94.2 Å². The Morgan fingerprint density at radius 2 is 1.29 bits per heavy atom. The standard InChI is InChI=1S/C30H54NO9P/c1-12-35-30(36-13-2,37-14-3)22-26(32)34-23-25(24-20-18-17-19-21-24)40-31(29(9,10)11)27(28(6,7)8)41(33,38-15-4)39-16-5/h17-21,25,27H,12-16,22-23H2,1-11H3. The highest BCUT2D eigenvalue weighted by Gasteiger charge is 2.52. The van der Waals surface area contributed by atoms with Gasteiger partial charge in [0.25, 0.3) is 5.97 Å². The Bertz CT molecular complexity index is 903. The summed E-state index contributed by atoms with van der Waals surface area (Å²) in [7, 11) is -3.70. The van der Waals surface area contributed by atoms with Crippen molar-refractivity contribution in [2.24, 2.45) is 5.41 Å².